The normalized spacial score (nSPS) is 16.9. The highest BCUT2D eigenvalue weighted by atomic mass is 16.6. The Balaban J connectivity index is 1.78. The van der Waals surface area contributed by atoms with Crippen LogP contribution in [-0.2, 0) is 11.3 Å². The lowest BCUT2D eigenvalue weighted by Crippen LogP contribution is -2.43. The molecule has 1 aliphatic heterocycles. The first-order valence-corrected chi connectivity index (χ1v) is 7.12. The Labute approximate surface area is 123 Å². The summed E-state index contributed by atoms with van der Waals surface area (Å²) in [5.41, 5.74) is 0.362. The van der Waals surface area contributed by atoms with Crippen LogP contribution in [0, 0.1) is 17.0 Å². The number of hydrogen-bond donors (Lipinski definition) is 1. The Morgan fingerprint density at radius 2 is 2.19 bits per heavy atom. The number of hydrogen-bond acceptors (Lipinski definition) is 5. The molecule has 0 atom stereocenters. The van der Waals surface area contributed by atoms with Crippen molar-refractivity contribution in [1.29, 1.82) is 0 Å². The molecule has 0 radical (unpaired) electrons. The average Bonchev–Trinajstić information content (AvgIpc) is 2.81. The number of nitrogens with zero attached hydrogens (tertiary/aromatic N) is 4. The van der Waals surface area contributed by atoms with Crippen LogP contribution in [0.2, 0.25) is 0 Å². The second-order valence-electron chi connectivity index (χ2n) is 5.51. The minimum Gasteiger partial charge on any atom is -0.353 e. The lowest BCUT2D eigenvalue weighted by Gasteiger charge is -2.29. The molecule has 1 N–H and O–H groups in total. The van der Waals surface area contributed by atoms with Crippen molar-refractivity contribution in [2.75, 3.05) is 20.1 Å². The minimum absolute atomic E-state index is 0.00859. The largest absolute Gasteiger partial charge is 0.353 e. The summed E-state index contributed by atoms with van der Waals surface area (Å²) in [6.07, 6.45) is 3.59. The van der Waals surface area contributed by atoms with E-state index < -0.39 is 4.92 Å². The van der Waals surface area contributed by atoms with Crippen LogP contribution in [0.5, 0.6) is 0 Å². The van der Waals surface area contributed by atoms with E-state index in [4.69, 9.17) is 0 Å². The Bertz CT molecular complexity index is 520. The number of likely N-dealkylation sites (tertiary alicyclic amines) is 1. The van der Waals surface area contributed by atoms with Gasteiger partial charge in [0.05, 0.1) is 4.92 Å². The van der Waals surface area contributed by atoms with Crippen molar-refractivity contribution in [2.45, 2.75) is 38.8 Å². The molecule has 21 heavy (non-hydrogen) atoms. The molecule has 8 nitrogen and oxygen atoms in total. The zero-order valence-corrected chi connectivity index (χ0v) is 12.4. The van der Waals surface area contributed by atoms with Gasteiger partial charge in [0.15, 0.2) is 0 Å². The van der Waals surface area contributed by atoms with Crippen molar-refractivity contribution in [3.05, 3.63) is 22.0 Å². The fourth-order valence-corrected chi connectivity index (χ4v) is 2.47. The molecule has 0 aliphatic carbocycles. The van der Waals surface area contributed by atoms with Gasteiger partial charge in [-0.3, -0.25) is 19.6 Å². The van der Waals surface area contributed by atoms with E-state index in [-0.39, 0.29) is 24.1 Å². The van der Waals surface area contributed by atoms with Gasteiger partial charge < -0.3 is 10.2 Å². The standard InChI is InChI=1S/C13H21N5O3/c1-10-12(18(20)21)9-17(15-10)8-5-13(19)14-11-3-6-16(2)7-4-11/h9,11H,3-8H2,1-2H3,(H,14,19). The maximum absolute atomic E-state index is 11.9. The maximum Gasteiger partial charge on any atom is 0.309 e. The summed E-state index contributed by atoms with van der Waals surface area (Å²) < 4.78 is 1.46. The van der Waals surface area contributed by atoms with Gasteiger partial charge in [0.2, 0.25) is 5.91 Å². The van der Waals surface area contributed by atoms with Gasteiger partial charge in [0.1, 0.15) is 11.9 Å². The lowest BCUT2D eigenvalue weighted by molar-refractivity contribution is -0.385. The van der Waals surface area contributed by atoms with Gasteiger partial charge in [-0.1, -0.05) is 0 Å². The number of aryl methyl sites for hydroxylation is 2. The zero-order valence-electron chi connectivity index (χ0n) is 12.4. The summed E-state index contributed by atoms with van der Waals surface area (Å²) in [5.74, 6) is -0.0274. The highest BCUT2D eigenvalue weighted by Gasteiger charge is 2.19. The van der Waals surface area contributed by atoms with E-state index in [0.717, 1.165) is 25.9 Å². The smallest absolute Gasteiger partial charge is 0.309 e. The van der Waals surface area contributed by atoms with Crippen LogP contribution in [0.25, 0.3) is 0 Å². The molecule has 1 fully saturated rings. The molecule has 1 amide bonds. The molecule has 0 bridgehead atoms. The molecular formula is C13H21N5O3. The molecule has 8 heteroatoms. The first kappa shape index (κ1) is 15.4. The fraction of sp³-hybridized carbons (Fsp3) is 0.692. The minimum atomic E-state index is -0.461. The second-order valence-corrected chi connectivity index (χ2v) is 5.51. The number of rotatable bonds is 5. The first-order chi connectivity index (χ1) is 9.95. The molecule has 1 saturated heterocycles. The van der Waals surface area contributed by atoms with Crippen LogP contribution in [0.15, 0.2) is 6.20 Å². The van der Waals surface area contributed by atoms with Crippen LogP contribution < -0.4 is 5.32 Å². The van der Waals surface area contributed by atoms with E-state index in [1.54, 1.807) is 6.92 Å². The van der Waals surface area contributed by atoms with E-state index in [1.165, 1.54) is 10.9 Å². The first-order valence-electron chi connectivity index (χ1n) is 7.12. The van der Waals surface area contributed by atoms with Crippen molar-refractivity contribution in [3.63, 3.8) is 0 Å². The highest BCUT2D eigenvalue weighted by Crippen LogP contribution is 2.15. The second kappa shape index (κ2) is 6.66. The average molecular weight is 295 g/mol. The Kier molecular flexibility index (Phi) is 4.89. The van der Waals surface area contributed by atoms with E-state index in [2.05, 4.69) is 22.4 Å². The summed E-state index contributed by atoms with van der Waals surface area (Å²) in [7, 11) is 2.07. The summed E-state index contributed by atoms with van der Waals surface area (Å²) in [6.45, 7) is 3.94. The summed E-state index contributed by atoms with van der Waals surface area (Å²) in [6, 6.07) is 0.238. The van der Waals surface area contributed by atoms with Crippen LogP contribution >= 0.6 is 0 Å². The number of nitro groups is 1. The molecule has 0 spiro atoms. The zero-order chi connectivity index (χ0) is 15.4. The molecular weight excluding hydrogens is 274 g/mol. The van der Waals surface area contributed by atoms with Gasteiger partial charge in [-0.2, -0.15) is 5.10 Å². The molecule has 0 saturated carbocycles. The molecule has 1 aliphatic rings. The fourth-order valence-electron chi connectivity index (χ4n) is 2.47. The summed E-state index contributed by atoms with van der Waals surface area (Å²) in [5, 5.41) is 17.8. The van der Waals surface area contributed by atoms with Gasteiger partial charge >= 0.3 is 5.69 Å². The Morgan fingerprint density at radius 3 is 2.76 bits per heavy atom. The van der Waals surface area contributed by atoms with E-state index in [9.17, 15) is 14.9 Å². The van der Waals surface area contributed by atoms with E-state index in [1.807, 2.05) is 0 Å². The van der Waals surface area contributed by atoms with Crippen LogP contribution in [0.1, 0.15) is 25.0 Å². The number of piperidine rings is 1. The van der Waals surface area contributed by atoms with Gasteiger partial charge in [0, 0.05) is 19.0 Å². The van der Waals surface area contributed by atoms with Gasteiger partial charge in [-0.05, 0) is 39.9 Å². The van der Waals surface area contributed by atoms with Crippen molar-refractivity contribution >= 4 is 11.6 Å². The van der Waals surface area contributed by atoms with Crippen molar-refractivity contribution in [2.24, 2.45) is 0 Å². The van der Waals surface area contributed by atoms with Crippen molar-refractivity contribution in [3.8, 4) is 0 Å². The monoisotopic (exact) mass is 295 g/mol. The molecule has 2 rings (SSSR count). The number of aromatic nitrogens is 2. The quantitative estimate of drug-likeness (QED) is 0.637. The third-order valence-corrected chi connectivity index (χ3v) is 3.77. The SMILES string of the molecule is Cc1nn(CCC(=O)NC2CCN(C)CC2)cc1[N+](=O)[O-]. The van der Waals surface area contributed by atoms with Gasteiger partial charge in [-0.25, -0.2) is 0 Å². The van der Waals surface area contributed by atoms with Crippen molar-refractivity contribution < 1.29 is 9.72 Å². The van der Waals surface area contributed by atoms with E-state index >= 15 is 0 Å². The number of carbonyl (C=O) groups is 1. The number of carbonyl (C=O) groups excluding carboxylic acids is 1. The van der Waals surface area contributed by atoms with E-state index in [0.29, 0.717) is 12.2 Å². The topological polar surface area (TPSA) is 93.3 Å². The third-order valence-electron chi connectivity index (χ3n) is 3.77. The molecule has 2 heterocycles. The molecule has 0 unspecified atom stereocenters. The van der Waals surface area contributed by atoms with Crippen LogP contribution in [0.3, 0.4) is 0 Å². The van der Waals surface area contributed by atoms with Gasteiger partial charge in [0.25, 0.3) is 0 Å². The lowest BCUT2D eigenvalue weighted by atomic mass is 10.1. The maximum atomic E-state index is 11.9. The third kappa shape index (κ3) is 4.25. The number of nitrogens with one attached hydrogen (secondary N) is 1. The Hall–Kier alpha value is -1.96. The molecule has 1 aromatic rings. The highest BCUT2D eigenvalue weighted by molar-refractivity contribution is 5.76. The molecule has 0 aromatic carbocycles. The predicted octanol–water partition coefficient (Wildman–Crippen LogP) is 0.700. The van der Waals surface area contributed by atoms with Crippen LogP contribution in [-0.4, -0.2) is 51.7 Å². The van der Waals surface area contributed by atoms with Crippen LogP contribution in [0.4, 0.5) is 5.69 Å². The molecule has 1 aromatic heterocycles. The summed E-state index contributed by atoms with van der Waals surface area (Å²) in [4.78, 5) is 24.4. The number of amides is 1. The predicted molar refractivity (Wildman–Crippen MR) is 76.9 cm³/mol. The summed E-state index contributed by atoms with van der Waals surface area (Å²) >= 11 is 0. The Morgan fingerprint density at radius 1 is 1.52 bits per heavy atom. The molecule has 116 valence electrons. The van der Waals surface area contributed by atoms with Crippen molar-refractivity contribution in [1.82, 2.24) is 20.0 Å². The van der Waals surface area contributed by atoms with Gasteiger partial charge in [-0.15, -0.1) is 0 Å².